The fourth-order valence-corrected chi connectivity index (χ4v) is 2.81. The summed E-state index contributed by atoms with van der Waals surface area (Å²) in [6.45, 7) is 0.779. The first-order chi connectivity index (χ1) is 10.2. The Kier molecular flexibility index (Phi) is 2.65. The molecule has 21 heavy (non-hydrogen) atoms. The van der Waals surface area contributed by atoms with Crippen molar-refractivity contribution in [2.45, 2.75) is 6.54 Å². The van der Waals surface area contributed by atoms with Crippen molar-refractivity contribution in [3.63, 3.8) is 0 Å². The molecule has 0 fully saturated rings. The van der Waals surface area contributed by atoms with Crippen LogP contribution in [0.3, 0.4) is 0 Å². The van der Waals surface area contributed by atoms with E-state index in [2.05, 4.69) is 41.6 Å². The van der Waals surface area contributed by atoms with E-state index < -0.39 is 0 Å². The first-order valence-electron chi connectivity index (χ1n) is 7.03. The Morgan fingerprint density at radius 1 is 0.905 bits per heavy atom. The van der Waals surface area contributed by atoms with E-state index in [1.807, 2.05) is 30.3 Å². The Hall–Kier alpha value is -2.46. The molecule has 4 rings (SSSR count). The quantitative estimate of drug-likeness (QED) is 0.564. The third-order valence-electron chi connectivity index (χ3n) is 3.67. The summed E-state index contributed by atoms with van der Waals surface area (Å²) < 4.78 is 2.18. The minimum absolute atomic E-state index is 0.779. The molecule has 4 aromatic rings. The molecule has 0 N–H and O–H groups in total. The Morgan fingerprint density at radius 3 is 2.43 bits per heavy atom. The number of nitrogens with zero attached hydrogens (tertiary/aromatic N) is 4. The summed E-state index contributed by atoms with van der Waals surface area (Å²) in [5.41, 5.74) is 4.11. The number of aromatic nitrogens is 3. The van der Waals surface area contributed by atoms with Gasteiger partial charge in [0.1, 0.15) is 11.5 Å². The molecule has 0 spiro atoms. The first-order valence-corrected chi connectivity index (χ1v) is 7.03. The fourth-order valence-electron chi connectivity index (χ4n) is 2.81. The fraction of sp³-hybridized carbons (Fsp3) is 0.176. The molecule has 0 atom stereocenters. The Morgan fingerprint density at radius 2 is 1.62 bits per heavy atom. The van der Waals surface area contributed by atoms with Gasteiger partial charge in [0.25, 0.3) is 0 Å². The number of rotatable bonds is 2. The Balaban J connectivity index is 2.21. The second-order valence-electron chi connectivity index (χ2n) is 5.54. The molecule has 0 aliphatic carbocycles. The highest BCUT2D eigenvalue weighted by Gasteiger charge is 2.13. The minimum Gasteiger partial charge on any atom is -0.302 e. The Labute approximate surface area is 122 Å². The van der Waals surface area contributed by atoms with Gasteiger partial charge in [-0.05, 0) is 38.4 Å². The molecule has 0 bridgehead atoms. The van der Waals surface area contributed by atoms with Crippen molar-refractivity contribution in [1.82, 2.24) is 19.3 Å². The molecule has 0 radical (unpaired) electrons. The summed E-state index contributed by atoms with van der Waals surface area (Å²) in [6.07, 6.45) is 0. The van der Waals surface area contributed by atoms with Crippen molar-refractivity contribution in [2.75, 3.05) is 14.1 Å². The van der Waals surface area contributed by atoms with Crippen molar-refractivity contribution in [3.8, 4) is 0 Å². The van der Waals surface area contributed by atoms with Gasteiger partial charge in [-0.15, -0.1) is 0 Å². The van der Waals surface area contributed by atoms with Gasteiger partial charge in [-0.2, -0.15) is 0 Å². The van der Waals surface area contributed by atoms with Crippen LogP contribution in [0.2, 0.25) is 0 Å². The molecule has 0 saturated heterocycles. The van der Waals surface area contributed by atoms with E-state index in [1.165, 1.54) is 0 Å². The normalized spacial score (nSPS) is 12.0. The highest BCUT2D eigenvalue weighted by molar-refractivity contribution is 5.96. The summed E-state index contributed by atoms with van der Waals surface area (Å²) >= 11 is 0. The second-order valence-corrected chi connectivity index (χ2v) is 5.54. The smallest absolute Gasteiger partial charge is 0.148 e. The largest absolute Gasteiger partial charge is 0.302 e. The number of para-hydroxylation sites is 3. The van der Waals surface area contributed by atoms with Gasteiger partial charge < -0.3 is 4.90 Å². The number of hydrogen-bond acceptors (Lipinski definition) is 3. The molecule has 4 nitrogen and oxygen atoms in total. The topological polar surface area (TPSA) is 33.4 Å². The van der Waals surface area contributed by atoms with Gasteiger partial charge in [-0.3, -0.25) is 4.40 Å². The predicted octanol–water partition coefficient (Wildman–Crippen LogP) is 3.10. The van der Waals surface area contributed by atoms with Crippen LogP contribution in [-0.2, 0) is 6.54 Å². The highest BCUT2D eigenvalue weighted by atomic mass is 15.1. The van der Waals surface area contributed by atoms with E-state index in [9.17, 15) is 0 Å². The molecule has 0 aliphatic heterocycles. The lowest BCUT2D eigenvalue weighted by molar-refractivity contribution is 0.389. The number of imidazole rings is 1. The van der Waals surface area contributed by atoms with Crippen LogP contribution in [0.1, 0.15) is 5.82 Å². The zero-order valence-electron chi connectivity index (χ0n) is 12.1. The zero-order valence-corrected chi connectivity index (χ0v) is 12.1. The SMILES string of the molecule is CN(C)Cc1nc2ccccc2c2nc3ccccc3n12. The molecule has 0 aliphatic rings. The average molecular weight is 276 g/mol. The third kappa shape index (κ3) is 1.87. The Bertz CT molecular complexity index is 953. The molecular weight excluding hydrogens is 260 g/mol. The summed E-state index contributed by atoms with van der Waals surface area (Å²) in [7, 11) is 4.11. The lowest BCUT2D eigenvalue weighted by Gasteiger charge is -2.12. The highest BCUT2D eigenvalue weighted by Crippen LogP contribution is 2.24. The summed E-state index contributed by atoms with van der Waals surface area (Å²) in [5.74, 6) is 1.02. The van der Waals surface area contributed by atoms with E-state index in [-0.39, 0.29) is 0 Å². The number of hydrogen-bond donors (Lipinski definition) is 0. The standard InChI is InChI=1S/C17H16N4/c1-20(2)11-16-18-13-8-4-3-7-12(13)17-19-14-9-5-6-10-15(14)21(16)17/h3-10H,11H2,1-2H3. The maximum atomic E-state index is 4.85. The van der Waals surface area contributed by atoms with Gasteiger partial charge in [0.05, 0.1) is 23.1 Å². The average Bonchev–Trinajstić information content (AvgIpc) is 2.86. The van der Waals surface area contributed by atoms with Gasteiger partial charge in [0.15, 0.2) is 0 Å². The predicted molar refractivity (Wildman–Crippen MR) is 85.4 cm³/mol. The van der Waals surface area contributed by atoms with Crippen LogP contribution in [0.5, 0.6) is 0 Å². The van der Waals surface area contributed by atoms with Gasteiger partial charge in [0.2, 0.25) is 0 Å². The van der Waals surface area contributed by atoms with Crippen molar-refractivity contribution in [2.24, 2.45) is 0 Å². The van der Waals surface area contributed by atoms with Crippen LogP contribution >= 0.6 is 0 Å². The molecule has 104 valence electrons. The molecule has 0 saturated carbocycles. The molecule has 2 heterocycles. The van der Waals surface area contributed by atoms with E-state index in [4.69, 9.17) is 9.97 Å². The van der Waals surface area contributed by atoms with Gasteiger partial charge in [-0.25, -0.2) is 9.97 Å². The zero-order chi connectivity index (χ0) is 14.4. The van der Waals surface area contributed by atoms with Crippen LogP contribution in [0.4, 0.5) is 0 Å². The first kappa shape index (κ1) is 12.3. The molecule has 4 heteroatoms. The van der Waals surface area contributed by atoms with E-state index in [0.717, 1.165) is 40.0 Å². The molecule has 2 aromatic heterocycles. The van der Waals surface area contributed by atoms with Crippen LogP contribution in [-0.4, -0.2) is 33.4 Å². The molecule has 2 aromatic carbocycles. The van der Waals surface area contributed by atoms with Gasteiger partial charge >= 0.3 is 0 Å². The van der Waals surface area contributed by atoms with Gasteiger partial charge in [-0.1, -0.05) is 24.3 Å². The number of benzene rings is 2. The maximum Gasteiger partial charge on any atom is 0.148 e. The second kappa shape index (κ2) is 4.53. The van der Waals surface area contributed by atoms with Gasteiger partial charge in [0, 0.05) is 5.39 Å². The molecular formula is C17H16N4. The summed E-state index contributed by atoms with van der Waals surface area (Å²) in [6, 6.07) is 16.4. The van der Waals surface area contributed by atoms with Crippen molar-refractivity contribution >= 4 is 27.6 Å². The van der Waals surface area contributed by atoms with Crippen molar-refractivity contribution in [1.29, 1.82) is 0 Å². The summed E-state index contributed by atoms with van der Waals surface area (Å²) in [4.78, 5) is 11.8. The van der Waals surface area contributed by atoms with Crippen LogP contribution in [0.15, 0.2) is 48.5 Å². The van der Waals surface area contributed by atoms with Crippen LogP contribution in [0, 0.1) is 0 Å². The lowest BCUT2D eigenvalue weighted by atomic mass is 10.2. The van der Waals surface area contributed by atoms with Crippen molar-refractivity contribution in [3.05, 3.63) is 54.4 Å². The lowest BCUT2D eigenvalue weighted by Crippen LogP contribution is -2.15. The van der Waals surface area contributed by atoms with E-state index in [0.29, 0.717) is 0 Å². The van der Waals surface area contributed by atoms with Crippen LogP contribution in [0.25, 0.3) is 27.6 Å². The van der Waals surface area contributed by atoms with Crippen molar-refractivity contribution < 1.29 is 0 Å². The number of fused-ring (bicyclic) bond motifs is 5. The van der Waals surface area contributed by atoms with E-state index in [1.54, 1.807) is 0 Å². The monoisotopic (exact) mass is 276 g/mol. The maximum absolute atomic E-state index is 4.85. The van der Waals surface area contributed by atoms with E-state index >= 15 is 0 Å². The van der Waals surface area contributed by atoms with Crippen LogP contribution < -0.4 is 0 Å². The molecule has 0 amide bonds. The summed E-state index contributed by atoms with van der Waals surface area (Å²) in [5, 5.41) is 1.09. The molecule has 0 unspecified atom stereocenters. The minimum atomic E-state index is 0.779. The third-order valence-corrected chi connectivity index (χ3v) is 3.67.